The number of para-hydroxylation sites is 1. The third kappa shape index (κ3) is 3.11. The lowest BCUT2D eigenvalue weighted by atomic mass is 10.2. The molecule has 0 radical (unpaired) electrons. The van der Waals surface area contributed by atoms with Crippen molar-refractivity contribution in [2.75, 3.05) is 29.6 Å². The molecule has 5 nitrogen and oxygen atoms in total. The van der Waals surface area contributed by atoms with E-state index in [1.54, 1.807) is 0 Å². The molecule has 2 aliphatic rings. The lowest BCUT2D eigenvalue weighted by Crippen LogP contribution is -2.38. The van der Waals surface area contributed by atoms with Crippen molar-refractivity contribution in [1.29, 1.82) is 0 Å². The summed E-state index contributed by atoms with van der Waals surface area (Å²) in [7, 11) is 0. The van der Waals surface area contributed by atoms with Gasteiger partial charge in [0.2, 0.25) is 0 Å². The summed E-state index contributed by atoms with van der Waals surface area (Å²) >= 11 is 0. The van der Waals surface area contributed by atoms with Crippen molar-refractivity contribution in [2.24, 2.45) is 0 Å². The van der Waals surface area contributed by atoms with Gasteiger partial charge in [0.15, 0.2) is 0 Å². The quantitative estimate of drug-likeness (QED) is 0.759. The summed E-state index contributed by atoms with van der Waals surface area (Å²) in [6, 6.07) is 20.8. The molecule has 0 amide bonds. The lowest BCUT2D eigenvalue weighted by molar-refractivity contribution is 0.482. The van der Waals surface area contributed by atoms with E-state index in [9.17, 15) is 0 Å². The van der Waals surface area contributed by atoms with Gasteiger partial charge in [-0.2, -0.15) is 0 Å². The normalized spacial score (nSPS) is 18.6. The Balaban J connectivity index is 1.39. The number of nitrogens with one attached hydrogen (secondary N) is 1. The van der Waals surface area contributed by atoms with E-state index in [2.05, 4.69) is 38.3 Å². The molecule has 1 atom stereocenters. The predicted octanol–water partition coefficient (Wildman–Crippen LogP) is 4.15. The second-order valence-corrected chi connectivity index (χ2v) is 6.96. The fraction of sp³-hybridized carbons (Fsp3) is 0.227. The van der Waals surface area contributed by atoms with Crippen LogP contribution in [0, 0.1) is 0 Å². The Bertz CT molecular complexity index is 907. The van der Waals surface area contributed by atoms with E-state index >= 15 is 0 Å². The van der Waals surface area contributed by atoms with Crippen molar-refractivity contribution in [1.82, 2.24) is 10.3 Å². The van der Waals surface area contributed by atoms with Gasteiger partial charge < -0.3 is 19.9 Å². The van der Waals surface area contributed by atoms with Crippen LogP contribution >= 0.6 is 0 Å². The van der Waals surface area contributed by atoms with Gasteiger partial charge in [0, 0.05) is 24.5 Å². The molecule has 3 heterocycles. The smallest absolute Gasteiger partial charge is 0.127 e. The van der Waals surface area contributed by atoms with Gasteiger partial charge in [-0.15, -0.1) is 0 Å². The largest absolute Gasteiger partial charge is 0.457 e. The van der Waals surface area contributed by atoms with Gasteiger partial charge in [-0.05, 0) is 55.4 Å². The fourth-order valence-electron chi connectivity index (χ4n) is 3.89. The van der Waals surface area contributed by atoms with Crippen molar-refractivity contribution in [2.45, 2.75) is 12.5 Å². The molecular formula is C22H22N4O. The van der Waals surface area contributed by atoms with Gasteiger partial charge in [0.1, 0.15) is 11.5 Å². The van der Waals surface area contributed by atoms with Gasteiger partial charge in [0.05, 0.1) is 24.2 Å². The van der Waals surface area contributed by atoms with E-state index in [0.29, 0.717) is 6.04 Å². The molecule has 1 N–H and O–H groups in total. The monoisotopic (exact) mass is 358 g/mol. The van der Waals surface area contributed by atoms with Crippen molar-refractivity contribution >= 4 is 17.1 Å². The SMILES string of the molecule is c1ccc(Oc2ccc(N3CN([C@@H]4CCNC4)c4ccncc43)cc2)cc1. The molecule has 2 aromatic carbocycles. The van der Waals surface area contributed by atoms with Crippen LogP contribution < -0.4 is 19.9 Å². The zero-order valence-corrected chi connectivity index (χ0v) is 15.1. The number of aromatic nitrogens is 1. The van der Waals surface area contributed by atoms with Crippen molar-refractivity contribution in [3.63, 3.8) is 0 Å². The maximum Gasteiger partial charge on any atom is 0.127 e. The Hall–Kier alpha value is -3.05. The molecule has 136 valence electrons. The summed E-state index contributed by atoms with van der Waals surface area (Å²) in [5, 5.41) is 3.47. The summed E-state index contributed by atoms with van der Waals surface area (Å²) in [6.07, 6.45) is 5.03. The average molecular weight is 358 g/mol. The molecule has 1 saturated heterocycles. The maximum atomic E-state index is 5.92. The molecule has 27 heavy (non-hydrogen) atoms. The highest BCUT2D eigenvalue weighted by Gasteiger charge is 2.33. The Morgan fingerprint density at radius 3 is 2.52 bits per heavy atom. The van der Waals surface area contributed by atoms with E-state index < -0.39 is 0 Å². The number of hydrogen-bond donors (Lipinski definition) is 1. The number of hydrogen-bond acceptors (Lipinski definition) is 5. The number of fused-ring (bicyclic) bond motifs is 1. The Labute approximate surface area is 159 Å². The second-order valence-electron chi connectivity index (χ2n) is 6.96. The first-order valence-corrected chi connectivity index (χ1v) is 9.40. The van der Waals surface area contributed by atoms with Crippen molar-refractivity contribution < 1.29 is 4.74 Å². The van der Waals surface area contributed by atoms with Crippen LogP contribution in [0.25, 0.3) is 0 Å². The number of rotatable bonds is 4. The summed E-state index contributed by atoms with van der Waals surface area (Å²) in [5.41, 5.74) is 3.59. The third-order valence-electron chi connectivity index (χ3n) is 5.27. The molecule has 0 unspecified atom stereocenters. The molecule has 0 aliphatic carbocycles. The maximum absolute atomic E-state index is 5.92. The Kier molecular flexibility index (Phi) is 4.14. The van der Waals surface area contributed by atoms with Gasteiger partial charge in [-0.3, -0.25) is 4.98 Å². The molecule has 3 aromatic rings. The minimum Gasteiger partial charge on any atom is -0.457 e. The summed E-state index contributed by atoms with van der Waals surface area (Å²) in [5.74, 6) is 1.69. The highest BCUT2D eigenvalue weighted by atomic mass is 16.5. The zero-order chi connectivity index (χ0) is 18.1. The van der Waals surface area contributed by atoms with Crippen LogP contribution in [-0.2, 0) is 0 Å². The van der Waals surface area contributed by atoms with Gasteiger partial charge >= 0.3 is 0 Å². The van der Waals surface area contributed by atoms with Gasteiger partial charge in [-0.1, -0.05) is 18.2 Å². The van der Waals surface area contributed by atoms with Crippen LogP contribution in [0.4, 0.5) is 17.1 Å². The lowest BCUT2D eigenvalue weighted by Gasteiger charge is -2.27. The molecule has 0 saturated carbocycles. The van der Waals surface area contributed by atoms with Crippen LogP contribution in [-0.4, -0.2) is 30.8 Å². The minimum atomic E-state index is 0.539. The van der Waals surface area contributed by atoms with E-state index in [-0.39, 0.29) is 0 Å². The molecule has 1 aromatic heterocycles. The molecule has 5 heteroatoms. The van der Waals surface area contributed by atoms with E-state index in [0.717, 1.165) is 36.9 Å². The van der Waals surface area contributed by atoms with Gasteiger partial charge in [-0.25, -0.2) is 0 Å². The number of anilines is 3. The van der Waals surface area contributed by atoms with E-state index in [1.807, 2.05) is 54.9 Å². The van der Waals surface area contributed by atoms with Crippen molar-refractivity contribution in [3.05, 3.63) is 73.1 Å². The number of nitrogens with zero attached hydrogens (tertiary/aromatic N) is 3. The molecule has 0 spiro atoms. The van der Waals surface area contributed by atoms with E-state index in [1.165, 1.54) is 17.8 Å². The van der Waals surface area contributed by atoms with Crippen LogP contribution in [0.2, 0.25) is 0 Å². The van der Waals surface area contributed by atoms with Crippen LogP contribution in [0.1, 0.15) is 6.42 Å². The standard InChI is InChI=1S/C22H22N4O/c1-2-4-19(5-3-1)27-20-8-6-17(7-9-20)25-16-26(18-10-12-23-14-18)21-11-13-24-15-22(21)25/h1-9,11,13,15,18,23H,10,12,14,16H2/t18-/m1/s1. The molecule has 2 aliphatic heterocycles. The van der Waals surface area contributed by atoms with Crippen LogP contribution in [0.3, 0.4) is 0 Å². The first kappa shape index (κ1) is 16.1. The van der Waals surface area contributed by atoms with Crippen LogP contribution in [0.15, 0.2) is 73.1 Å². The number of ether oxygens (including phenoxy) is 1. The summed E-state index contributed by atoms with van der Waals surface area (Å²) < 4.78 is 5.92. The van der Waals surface area contributed by atoms with Crippen LogP contribution in [0.5, 0.6) is 11.5 Å². The minimum absolute atomic E-state index is 0.539. The topological polar surface area (TPSA) is 40.6 Å². The molecule has 1 fully saturated rings. The highest BCUT2D eigenvalue weighted by Crippen LogP contribution is 2.41. The van der Waals surface area contributed by atoms with Crippen molar-refractivity contribution in [3.8, 4) is 11.5 Å². The molecule has 5 rings (SSSR count). The Morgan fingerprint density at radius 2 is 1.74 bits per heavy atom. The van der Waals surface area contributed by atoms with Gasteiger partial charge in [0.25, 0.3) is 0 Å². The summed E-state index contributed by atoms with van der Waals surface area (Å²) in [6.45, 7) is 2.98. The zero-order valence-electron chi connectivity index (χ0n) is 15.1. The molecule has 0 bridgehead atoms. The highest BCUT2D eigenvalue weighted by molar-refractivity contribution is 5.82. The summed E-state index contributed by atoms with van der Waals surface area (Å²) in [4.78, 5) is 9.18. The second kappa shape index (κ2) is 6.93. The number of benzene rings is 2. The fourth-order valence-corrected chi connectivity index (χ4v) is 3.89. The molecular weight excluding hydrogens is 336 g/mol. The average Bonchev–Trinajstić information content (AvgIpc) is 3.37. The predicted molar refractivity (Wildman–Crippen MR) is 108 cm³/mol. The first-order valence-electron chi connectivity index (χ1n) is 9.40. The van der Waals surface area contributed by atoms with E-state index in [4.69, 9.17) is 4.74 Å². The number of pyridine rings is 1. The third-order valence-corrected chi connectivity index (χ3v) is 5.27. The first-order chi connectivity index (χ1) is 13.4. The Morgan fingerprint density at radius 1 is 0.926 bits per heavy atom.